The van der Waals surface area contributed by atoms with Crippen molar-refractivity contribution in [1.82, 2.24) is 4.72 Å². The van der Waals surface area contributed by atoms with Gasteiger partial charge in [0.25, 0.3) is 0 Å². The highest BCUT2D eigenvalue weighted by molar-refractivity contribution is 7.89. The third kappa shape index (κ3) is 3.93. The molecule has 5 nitrogen and oxygen atoms in total. The summed E-state index contributed by atoms with van der Waals surface area (Å²) >= 11 is 0. The second-order valence-corrected chi connectivity index (χ2v) is 6.72. The molecule has 1 heterocycles. The van der Waals surface area contributed by atoms with E-state index in [9.17, 15) is 13.5 Å². The highest BCUT2D eigenvalue weighted by atomic mass is 32.2. The van der Waals surface area contributed by atoms with E-state index in [1.54, 1.807) is 31.2 Å². The van der Waals surface area contributed by atoms with Gasteiger partial charge >= 0.3 is 0 Å². The molecule has 0 amide bonds. The Balaban J connectivity index is 2.00. The van der Waals surface area contributed by atoms with Crippen molar-refractivity contribution in [3.63, 3.8) is 0 Å². The quantitative estimate of drug-likeness (QED) is 0.858. The molecule has 0 fully saturated rings. The third-order valence-corrected chi connectivity index (χ3v) is 4.82. The minimum absolute atomic E-state index is 0.136. The molecule has 0 aliphatic heterocycles. The molecule has 0 saturated carbocycles. The molecule has 0 radical (unpaired) electrons. The van der Waals surface area contributed by atoms with Crippen LogP contribution in [0.1, 0.15) is 29.4 Å². The summed E-state index contributed by atoms with van der Waals surface area (Å²) in [5.74, 6) is 0.431. The van der Waals surface area contributed by atoms with Crippen LogP contribution in [0.4, 0.5) is 0 Å². The van der Waals surface area contributed by atoms with Gasteiger partial charge in [0.05, 0.1) is 11.2 Å². The molecule has 0 saturated heterocycles. The minimum atomic E-state index is -3.57. The van der Waals surface area contributed by atoms with Crippen molar-refractivity contribution in [2.45, 2.75) is 31.3 Å². The second-order valence-electron chi connectivity index (χ2n) is 4.99. The van der Waals surface area contributed by atoms with Crippen molar-refractivity contribution in [1.29, 1.82) is 0 Å². The molecule has 0 aliphatic carbocycles. The van der Waals surface area contributed by atoms with E-state index in [-0.39, 0.29) is 17.9 Å². The lowest BCUT2D eigenvalue weighted by molar-refractivity contribution is 0.142. The molecule has 1 aromatic heterocycles. The highest BCUT2D eigenvalue weighted by Crippen LogP contribution is 2.18. The number of aliphatic hydroxyl groups excluding tert-OH is 1. The fourth-order valence-corrected chi connectivity index (χ4v) is 3.40. The zero-order chi connectivity index (χ0) is 15.5. The summed E-state index contributed by atoms with van der Waals surface area (Å²) in [6.45, 7) is 3.74. The van der Waals surface area contributed by atoms with E-state index in [0.717, 1.165) is 5.56 Å². The van der Waals surface area contributed by atoms with Crippen molar-refractivity contribution in [3.8, 4) is 0 Å². The molecular formula is C15H19NO4S. The Morgan fingerprint density at radius 3 is 2.71 bits per heavy atom. The molecule has 114 valence electrons. The van der Waals surface area contributed by atoms with Crippen LogP contribution < -0.4 is 4.72 Å². The summed E-state index contributed by atoms with van der Waals surface area (Å²) in [6, 6.07) is 8.62. The number of furan rings is 1. The topological polar surface area (TPSA) is 79.5 Å². The fourth-order valence-electron chi connectivity index (χ4n) is 2.03. The molecule has 0 aliphatic rings. The van der Waals surface area contributed by atoms with Crippen LogP contribution in [0.5, 0.6) is 0 Å². The van der Waals surface area contributed by atoms with Gasteiger partial charge in [-0.2, -0.15) is 0 Å². The lowest BCUT2D eigenvalue weighted by Gasteiger charge is -2.11. The summed E-state index contributed by atoms with van der Waals surface area (Å²) < 4.78 is 32.1. The van der Waals surface area contributed by atoms with Gasteiger partial charge in [-0.3, -0.25) is 0 Å². The Bertz CT molecular complexity index is 692. The summed E-state index contributed by atoms with van der Waals surface area (Å²) in [5.41, 5.74) is 1.58. The SMILES string of the molecule is Cc1ccc(C)c(S(=O)(=O)NCCC(O)c2ccco2)c1. The van der Waals surface area contributed by atoms with Crippen LogP contribution in [0.15, 0.2) is 45.9 Å². The standard InChI is InChI=1S/C15H19NO4S/c1-11-5-6-12(2)15(10-11)21(18,19)16-8-7-13(17)14-4-3-9-20-14/h3-6,9-10,13,16-17H,7-8H2,1-2H3. The van der Waals surface area contributed by atoms with E-state index in [1.165, 1.54) is 6.26 Å². The summed E-state index contributed by atoms with van der Waals surface area (Å²) in [7, 11) is -3.57. The largest absolute Gasteiger partial charge is 0.467 e. The molecular weight excluding hydrogens is 290 g/mol. The van der Waals surface area contributed by atoms with Crippen LogP contribution in [-0.2, 0) is 10.0 Å². The molecule has 2 N–H and O–H groups in total. The molecule has 2 aromatic rings. The Morgan fingerprint density at radius 1 is 1.29 bits per heavy atom. The van der Waals surface area contributed by atoms with Gasteiger partial charge in [0.15, 0.2) is 0 Å². The van der Waals surface area contributed by atoms with Crippen LogP contribution in [0.25, 0.3) is 0 Å². The maximum atomic E-state index is 12.3. The molecule has 1 atom stereocenters. The van der Waals surface area contributed by atoms with Gasteiger partial charge in [0, 0.05) is 6.54 Å². The van der Waals surface area contributed by atoms with Gasteiger partial charge in [-0.05, 0) is 49.6 Å². The maximum Gasteiger partial charge on any atom is 0.240 e. The minimum Gasteiger partial charge on any atom is -0.467 e. The van der Waals surface area contributed by atoms with Gasteiger partial charge in [-0.25, -0.2) is 13.1 Å². The molecule has 0 spiro atoms. The second kappa shape index (κ2) is 6.43. The Hall–Kier alpha value is -1.63. The molecule has 1 aromatic carbocycles. The number of hydrogen-bond acceptors (Lipinski definition) is 4. The van der Waals surface area contributed by atoms with E-state index >= 15 is 0 Å². The van der Waals surface area contributed by atoms with Gasteiger partial charge < -0.3 is 9.52 Å². The summed E-state index contributed by atoms with van der Waals surface area (Å²) in [4.78, 5) is 0.273. The van der Waals surface area contributed by atoms with Crippen molar-refractivity contribution in [3.05, 3.63) is 53.5 Å². The third-order valence-electron chi connectivity index (χ3n) is 3.21. The Kier molecular flexibility index (Phi) is 4.82. The predicted octanol–water partition coefficient (Wildman–Crippen LogP) is 2.30. The first-order valence-electron chi connectivity index (χ1n) is 6.68. The lowest BCUT2D eigenvalue weighted by Crippen LogP contribution is -2.26. The molecule has 2 rings (SSSR count). The molecule has 21 heavy (non-hydrogen) atoms. The van der Waals surface area contributed by atoms with Crippen LogP contribution in [-0.4, -0.2) is 20.1 Å². The lowest BCUT2D eigenvalue weighted by atomic mass is 10.2. The predicted molar refractivity (Wildman–Crippen MR) is 79.4 cm³/mol. The number of aliphatic hydroxyl groups is 1. The zero-order valence-electron chi connectivity index (χ0n) is 12.0. The first-order chi connectivity index (χ1) is 9.90. The Labute approximate surface area is 124 Å². The summed E-state index contributed by atoms with van der Waals surface area (Å²) in [6.07, 6.45) is 0.900. The van der Waals surface area contributed by atoms with Gasteiger partial charge in [0.1, 0.15) is 11.9 Å². The average molecular weight is 309 g/mol. The Morgan fingerprint density at radius 2 is 2.05 bits per heavy atom. The van der Waals surface area contributed by atoms with E-state index < -0.39 is 16.1 Å². The monoisotopic (exact) mass is 309 g/mol. The fraction of sp³-hybridized carbons (Fsp3) is 0.333. The first kappa shape index (κ1) is 15.8. The first-order valence-corrected chi connectivity index (χ1v) is 8.17. The molecule has 1 unspecified atom stereocenters. The zero-order valence-corrected chi connectivity index (χ0v) is 12.9. The van der Waals surface area contributed by atoms with Crippen molar-refractivity contribution in [2.24, 2.45) is 0 Å². The van der Waals surface area contributed by atoms with Crippen LogP contribution in [0, 0.1) is 13.8 Å². The number of aryl methyl sites for hydroxylation is 2. The van der Waals surface area contributed by atoms with Gasteiger partial charge in [-0.15, -0.1) is 0 Å². The summed E-state index contributed by atoms with van der Waals surface area (Å²) in [5, 5.41) is 9.85. The van der Waals surface area contributed by atoms with Crippen LogP contribution in [0.2, 0.25) is 0 Å². The van der Waals surface area contributed by atoms with E-state index in [1.807, 2.05) is 13.0 Å². The maximum absolute atomic E-state index is 12.3. The highest BCUT2D eigenvalue weighted by Gasteiger charge is 2.18. The molecule has 6 heteroatoms. The van der Waals surface area contributed by atoms with Crippen molar-refractivity contribution >= 4 is 10.0 Å². The normalized spacial score (nSPS) is 13.3. The van der Waals surface area contributed by atoms with E-state index in [0.29, 0.717) is 11.3 Å². The molecule has 0 bridgehead atoms. The number of sulfonamides is 1. The number of nitrogens with one attached hydrogen (secondary N) is 1. The van der Waals surface area contributed by atoms with Crippen LogP contribution in [0.3, 0.4) is 0 Å². The van der Waals surface area contributed by atoms with E-state index in [4.69, 9.17) is 4.42 Å². The van der Waals surface area contributed by atoms with Crippen molar-refractivity contribution in [2.75, 3.05) is 6.54 Å². The number of benzene rings is 1. The number of rotatable bonds is 6. The number of hydrogen-bond donors (Lipinski definition) is 2. The van der Waals surface area contributed by atoms with Gasteiger partial charge in [0.2, 0.25) is 10.0 Å². The average Bonchev–Trinajstić information content (AvgIpc) is 2.95. The smallest absolute Gasteiger partial charge is 0.240 e. The van der Waals surface area contributed by atoms with Crippen molar-refractivity contribution < 1.29 is 17.9 Å². The van der Waals surface area contributed by atoms with Gasteiger partial charge in [-0.1, -0.05) is 12.1 Å². The van der Waals surface area contributed by atoms with Crippen LogP contribution >= 0.6 is 0 Å². The van der Waals surface area contributed by atoms with E-state index in [2.05, 4.69) is 4.72 Å².